The van der Waals surface area contributed by atoms with E-state index in [-0.39, 0.29) is 6.04 Å². The quantitative estimate of drug-likeness (QED) is 0.850. The van der Waals surface area contributed by atoms with Crippen LogP contribution < -0.4 is 5.32 Å². The van der Waals surface area contributed by atoms with Crippen molar-refractivity contribution in [3.63, 3.8) is 0 Å². The van der Waals surface area contributed by atoms with Gasteiger partial charge >= 0.3 is 5.97 Å². The molecule has 1 atom stereocenters. The average molecular weight is 266 g/mol. The predicted octanol–water partition coefficient (Wildman–Crippen LogP) is 3.10. The molecule has 0 saturated carbocycles. The van der Waals surface area contributed by atoms with E-state index < -0.39 is 5.97 Å². The molecule has 1 unspecified atom stereocenters. The minimum absolute atomic E-state index is 0.293. The zero-order chi connectivity index (χ0) is 13.9. The number of ether oxygens (including phenoxy) is 1. The molecule has 4 nitrogen and oxygen atoms in total. The van der Waals surface area contributed by atoms with Gasteiger partial charge in [0.25, 0.3) is 0 Å². The van der Waals surface area contributed by atoms with E-state index in [2.05, 4.69) is 10.3 Å². The highest BCUT2D eigenvalue weighted by Crippen LogP contribution is 2.34. The number of hydrogen-bond donors (Lipinski definition) is 1. The highest BCUT2D eigenvalue weighted by atomic mass is 16.5. The fourth-order valence-electron chi connectivity index (χ4n) is 2.27. The van der Waals surface area contributed by atoms with Crippen LogP contribution in [0.15, 0.2) is 59.6 Å². The largest absolute Gasteiger partial charge is 0.464 e. The highest BCUT2D eigenvalue weighted by Gasteiger charge is 2.29. The maximum atomic E-state index is 12.0. The molecule has 4 heteroatoms. The number of rotatable bonds is 2. The van der Waals surface area contributed by atoms with E-state index in [1.165, 1.54) is 7.11 Å². The molecule has 100 valence electrons. The molecular formula is C16H14N2O2. The third-order valence-electron chi connectivity index (χ3n) is 3.25. The van der Waals surface area contributed by atoms with Crippen LogP contribution in [0.5, 0.6) is 0 Å². The van der Waals surface area contributed by atoms with Crippen molar-refractivity contribution < 1.29 is 9.53 Å². The Labute approximate surface area is 117 Å². The monoisotopic (exact) mass is 266 g/mol. The van der Waals surface area contributed by atoms with Crippen molar-refractivity contribution >= 4 is 23.1 Å². The number of nitrogens with zero attached hydrogens (tertiary/aromatic N) is 1. The summed E-state index contributed by atoms with van der Waals surface area (Å²) in [6, 6.07) is 17.1. The van der Waals surface area contributed by atoms with E-state index in [0.29, 0.717) is 5.71 Å². The van der Waals surface area contributed by atoms with E-state index in [0.717, 1.165) is 16.9 Å². The molecular weight excluding hydrogens is 252 g/mol. The van der Waals surface area contributed by atoms with Gasteiger partial charge in [-0.05, 0) is 17.7 Å². The minimum atomic E-state index is -0.416. The number of esters is 1. The Morgan fingerprint density at radius 2 is 1.80 bits per heavy atom. The second-order valence-electron chi connectivity index (χ2n) is 4.49. The fraction of sp³-hybridized carbons (Fsp3) is 0.125. The smallest absolute Gasteiger partial charge is 0.354 e. The van der Waals surface area contributed by atoms with Crippen LogP contribution in [-0.4, -0.2) is 18.8 Å². The van der Waals surface area contributed by atoms with E-state index >= 15 is 0 Å². The topological polar surface area (TPSA) is 50.7 Å². The number of aliphatic imine (C=N–C) groups is 1. The van der Waals surface area contributed by atoms with Crippen molar-refractivity contribution in [2.45, 2.75) is 6.04 Å². The first-order valence-electron chi connectivity index (χ1n) is 6.37. The van der Waals surface area contributed by atoms with E-state index in [1.807, 2.05) is 54.6 Å². The van der Waals surface area contributed by atoms with Gasteiger partial charge in [0.1, 0.15) is 6.04 Å². The van der Waals surface area contributed by atoms with Crippen molar-refractivity contribution in [3.05, 3.63) is 60.2 Å². The first-order valence-corrected chi connectivity index (χ1v) is 6.37. The zero-order valence-electron chi connectivity index (χ0n) is 11.0. The number of fused-ring (bicyclic) bond motifs is 1. The fourth-order valence-corrected chi connectivity index (χ4v) is 2.27. The van der Waals surface area contributed by atoms with Crippen LogP contribution in [0.1, 0.15) is 11.6 Å². The molecule has 1 aliphatic heterocycles. The van der Waals surface area contributed by atoms with E-state index in [1.54, 1.807) is 0 Å². The van der Waals surface area contributed by atoms with Gasteiger partial charge in [-0.2, -0.15) is 0 Å². The molecule has 0 saturated heterocycles. The summed E-state index contributed by atoms with van der Waals surface area (Å²) in [5.74, 6) is -0.416. The molecule has 20 heavy (non-hydrogen) atoms. The van der Waals surface area contributed by atoms with Gasteiger partial charge in [-0.1, -0.05) is 42.5 Å². The summed E-state index contributed by atoms with van der Waals surface area (Å²) in [4.78, 5) is 16.4. The summed E-state index contributed by atoms with van der Waals surface area (Å²) in [6.07, 6.45) is 0. The maximum Gasteiger partial charge on any atom is 0.354 e. The van der Waals surface area contributed by atoms with E-state index in [4.69, 9.17) is 4.74 Å². The summed E-state index contributed by atoms with van der Waals surface area (Å²) in [6.45, 7) is 0. The minimum Gasteiger partial charge on any atom is -0.464 e. The maximum absolute atomic E-state index is 12.0. The van der Waals surface area contributed by atoms with Crippen LogP contribution in [0.2, 0.25) is 0 Å². The Hall–Kier alpha value is -2.62. The summed E-state index contributed by atoms with van der Waals surface area (Å²) < 4.78 is 4.85. The molecule has 0 radical (unpaired) electrons. The van der Waals surface area contributed by atoms with Gasteiger partial charge in [-0.3, -0.25) is 0 Å². The molecule has 0 amide bonds. The van der Waals surface area contributed by atoms with Gasteiger partial charge in [0.05, 0.1) is 18.5 Å². The Bertz CT molecular complexity index is 665. The first-order chi connectivity index (χ1) is 9.79. The van der Waals surface area contributed by atoms with Gasteiger partial charge in [0, 0.05) is 0 Å². The third kappa shape index (κ3) is 2.16. The standard InChI is InChI=1S/C16H14N2O2/c1-20-16(19)15-14(11-7-3-2-4-8-11)17-12-9-5-6-10-13(12)18-15/h2-10,14,17H,1H3. The number of benzene rings is 2. The molecule has 1 N–H and O–H groups in total. The molecule has 0 fully saturated rings. The SMILES string of the molecule is COC(=O)C1=Nc2ccccc2NC1c1ccccc1. The van der Waals surface area contributed by atoms with Gasteiger partial charge < -0.3 is 10.1 Å². The number of nitrogens with one attached hydrogen (secondary N) is 1. The van der Waals surface area contributed by atoms with Gasteiger partial charge in [-0.25, -0.2) is 9.79 Å². The van der Waals surface area contributed by atoms with Crippen LogP contribution in [0.4, 0.5) is 11.4 Å². The zero-order valence-corrected chi connectivity index (χ0v) is 11.0. The first kappa shape index (κ1) is 12.4. The number of para-hydroxylation sites is 2. The molecule has 3 rings (SSSR count). The summed E-state index contributed by atoms with van der Waals surface area (Å²) >= 11 is 0. The molecule has 0 aromatic heterocycles. The second-order valence-corrected chi connectivity index (χ2v) is 4.49. The molecule has 2 aromatic rings. The number of anilines is 1. The second kappa shape index (κ2) is 5.17. The molecule has 0 bridgehead atoms. The lowest BCUT2D eigenvalue weighted by Gasteiger charge is -2.26. The molecule has 1 heterocycles. The lowest BCUT2D eigenvalue weighted by atomic mass is 9.99. The lowest BCUT2D eigenvalue weighted by molar-refractivity contribution is -0.132. The Morgan fingerprint density at radius 3 is 2.55 bits per heavy atom. The number of carbonyl (C=O) groups is 1. The molecule has 0 spiro atoms. The summed E-state index contributed by atoms with van der Waals surface area (Å²) in [5, 5.41) is 3.35. The molecule has 1 aliphatic rings. The van der Waals surface area contributed by atoms with Crippen molar-refractivity contribution in [3.8, 4) is 0 Å². The summed E-state index contributed by atoms with van der Waals surface area (Å²) in [5.41, 5.74) is 3.01. The highest BCUT2D eigenvalue weighted by molar-refractivity contribution is 6.40. The number of methoxy groups -OCH3 is 1. The average Bonchev–Trinajstić information content (AvgIpc) is 2.53. The van der Waals surface area contributed by atoms with Crippen molar-refractivity contribution in [2.75, 3.05) is 12.4 Å². The lowest BCUT2D eigenvalue weighted by Crippen LogP contribution is -2.31. The Kier molecular flexibility index (Phi) is 3.21. The number of carbonyl (C=O) groups excluding carboxylic acids is 1. The summed E-state index contributed by atoms with van der Waals surface area (Å²) in [7, 11) is 1.37. The molecule has 2 aromatic carbocycles. The Morgan fingerprint density at radius 1 is 1.10 bits per heavy atom. The van der Waals surface area contributed by atoms with Crippen molar-refractivity contribution in [2.24, 2.45) is 4.99 Å². The van der Waals surface area contributed by atoms with Crippen LogP contribution in [0.25, 0.3) is 0 Å². The van der Waals surface area contributed by atoms with Gasteiger partial charge in [0.15, 0.2) is 5.71 Å². The van der Waals surface area contributed by atoms with Crippen LogP contribution in [0, 0.1) is 0 Å². The van der Waals surface area contributed by atoms with Crippen LogP contribution in [0.3, 0.4) is 0 Å². The molecule has 0 aliphatic carbocycles. The predicted molar refractivity (Wildman–Crippen MR) is 78.4 cm³/mol. The van der Waals surface area contributed by atoms with Crippen molar-refractivity contribution in [1.29, 1.82) is 0 Å². The van der Waals surface area contributed by atoms with Gasteiger partial charge in [0.2, 0.25) is 0 Å². The Balaban J connectivity index is 2.09. The van der Waals surface area contributed by atoms with E-state index in [9.17, 15) is 4.79 Å². The normalized spacial score (nSPS) is 16.6. The third-order valence-corrected chi connectivity index (χ3v) is 3.25. The van der Waals surface area contributed by atoms with Gasteiger partial charge in [-0.15, -0.1) is 0 Å². The van der Waals surface area contributed by atoms with Crippen LogP contribution in [-0.2, 0) is 9.53 Å². The number of hydrogen-bond acceptors (Lipinski definition) is 4. The van der Waals surface area contributed by atoms with Crippen LogP contribution >= 0.6 is 0 Å². The van der Waals surface area contributed by atoms with Crippen molar-refractivity contribution in [1.82, 2.24) is 0 Å².